The van der Waals surface area contributed by atoms with E-state index in [9.17, 15) is 19.5 Å². The van der Waals surface area contributed by atoms with Crippen molar-refractivity contribution in [3.63, 3.8) is 0 Å². The van der Waals surface area contributed by atoms with E-state index >= 15 is 0 Å². The molecule has 1 saturated carbocycles. The third-order valence-electron chi connectivity index (χ3n) is 8.48. The summed E-state index contributed by atoms with van der Waals surface area (Å²) in [6, 6.07) is -1.01. The maximum Gasteiger partial charge on any atom is 0.247 e. The smallest absolute Gasteiger partial charge is 0.247 e. The minimum absolute atomic E-state index is 0.0274. The quantitative estimate of drug-likeness (QED) is 0.633. The van der Waals surface area contributed by atoms with E-state index < -0.39 is 33.4 Å². The van der Waals surface area contributed by atoms with Gasteiger partial charge in [0.25, 0.3) is 0 Å². The van der Waals surface area contributed by atoms with E-state index in [2.05, 4.69) is 18.2 Å². The van der Waals surface area contributed by atoms with Gasteiger partial charge in [-0.1, -0.05) is 43.6 Å². The number of likely N-dealkylation sites (tertiary alicyclic amines) is 1. The Morgan fingerprint density at radius 3 is 2.42 bits per heavy atom. The van der Waals surface area contributed by atoms with Crippen molar-refractivity contribution >= 4 is 29.5 Å². The van der Waals surface area contributed by atoms with Crippen LogP contribution in [0.5, 0.6) is 0 Å². The van der Waals surface area contributed by atoms with Crippen molar-refractivity contribution < 1.29 is 19.5 Å². The van der Waals surface area contributed by atoms with Crippen molar-refractivity contribution in [2.45, 2.75) is 73.6 Å². The molecule has 33 heavy (non-hydrogen) atoms. The number of aliphatic hydroxyl groups excluding tert-OH is 1. The molecule has 1 aliphatic carbocycles. The average Bonchev–Trinajstić information content (AvgIpc) is 3.09. The first-order chi connectivity index (χ1) is 15.7. The number of hydrogen-bond donors (Lipinski definition) is 1. The molecule has 1 N–H and O–H groups in total. The number of amides is 3. The second kappa shape index (κ2) is 8.15. The summed E-state index contributed by atoms with van der Waals surface area (Å²) in [4.78, 5) is 47.1. The molecule has 0 aromatic carbocycles. The third kappa shape index (κ3) is 3.23. The van der Waals surface area contributed by atoms with E-state index in [0.29, 0.717) is 13.1 Å². The first-order valence-corrected chi connectivity index (χ1v) is 13.1. The van der Waals surface area contributed by atoms with Crippen molar-refractivity contribution in [3.8, 4) is 0 Å². The molecular formula is C25H35N3O4S. The molecule has 7 nitrogen and oxygen atoms in total. The highest BCUT2D eigenvalue weighted by molar-refractivity contribution is 8.02. The number of hydrogen-bond acceptors (Lipinski definition) is 5. The van der Waals surface area contributed by atoms with Gasteiger partial charge < -0.3 is 19.8 Å². The standard InChI is InChI=1S/C25H35N3O4S/c1-16(15-29)28-20-23(32)27(17-9-5-4-6-10-17)14-8-12-25(20)19(22(28)31)18-21(30)26(3)13-7-11-24(18,2)33-25/h7-8,11-12,16-20,29H,4-6,9-10,13-15H2,1-3H3/t16-,18-,19+,20?,24+,25+/m1/s1. The second-order valence-corrected chi connectivity index (χ2v) is 12.4. The SMILES string of the molecule is C[C@H](CO)N1C(=O)[C@@H]2[C@@H]3C(=O)N(C)CC=C[C@]3(C)S[C@@]23C=CCN(C2CCCCC2)C(=O)C13. The second-order valence-electron chi connectivity index (χ2n) is 10.6. The maximum absolute atomic E-state index is 14.2. The molecule has 4 aliphatic heterocycles. The number of aliphatic hydroxyl groups is 1. The van der Waals surface area contributed by atoms with Gasteiger partial charge in [0.1, 0.15) is 6.04 Å². The van der Waals surface area contributed by atoms with Crippen LogP contribution < -0.4 is 0 Å². The Morgan fingerprint density at radius 1 is 1.03 bits per heavy atom. The number of rotatable bonds is 3. The molecule has 0 radical (unpaired) electrons. The van der Waals surface area contributed by atoms with Gasteiger partial charge in [0, 0.05) is 30.9 Å². The number of carbonyl (C=O) groups excluding carboxylic acids is 3. The number of thioether (sulfide) groups is 1. The fourth-order valence-electron chi connectivity index (χ4n) is 6.88. The average molecular weight is 474 g/mol. The first kappa shape index (κ1) is 23.0. The Morgan fingerprint density at radius 2 is 1.73 bits per heavy atom. The lowest BCUT2D eigenvalue weighted by molar-refractivity contribution is -0.147. The molecule has 6 atom stereocenters. The van der Waals surface area contributed by atoms with Crippen LogP contribution in [0.3, 0.4) is 0 Å². The van der Waals surface area contributed by atoms with Gasteiger partial charge in [-0.25, -0.2) is 0 Å². The van der Waals surface area contributed by atoms with Crippen LogP contribution in [0.4, 0.5) is 0 Å². The van der Waals surface area contributed by atoms with Crippen LogP contribution in [-0.2, 0) is 14.4 Å². The van der Waals surface area contributed by atoms with Crippen molar-refractivity contribution in [1.82, 2.24) is 14.7 Å². The first-order valence-electron chi connectivity index (χ1n) is 12.3. The van der Waals surface area contributed by atoms with Crippen LogP contribution >= 0.6 is 11.8 Å². The molecule has 0 aromatic heterocycles. The Labute approximate surface area is 200 Å². The number of fused-ring (bicyclic) bond motifs is 2. The fourth-order valence-corrected chi connectivity index (χ4v) is 9.03. The van der Waals surface area contributed by atoms with Gasteiger partial charge in [0.05, 0.1) is 29.2 Å². The van der Waals surface area contributed by atoms with Gasteiger partial charge in [-0.3, -0.25) is 14.4 Å². The zero-order chi connectivity index (χ0) is 23.5. The van der Waals surface area contributed by atoms with Crippen molar-refractivity contribution in [2.75, 3.05) is 26.7 Å². The number of likely N-dealkylation sites (N-methyl/N-ethyl adjacent to an activating group) is 1. The highest BCUT2D eigenvalue weighted by Gasteiger charge is 2.74. The summed E-state index contributed by atoms with van der Waals surface area (Å²) in [6.07, 6.45) is 13.6. The Kier molecular flexibility index (Phi) is 5.67. The van der Waals surface area contributed by atoms with Gasteiger partial charge in [-0.05, 0) is 26.7 Å². The third-order valence-corrected chi connectivity index (χ3v) is 10.3. The van der Waals surface area contributed by atoms with Crippen molar-refractivity contribution in [1.29, 1.82) is 0 Å². The van der Waals surface area contributed by atoms with Crippen LogP contribution in [0.15, 0.2) is 24.3 Å². The van der Waals surface area contributed by atoms with Gasteiger partial charge in [-0.2, -0.15) is 0 Å². The van der Waals surface area contributed by atoms with Gasteiger partial charge in [0.15, 0.2) is 0 Å². The minimum Gasteiger partial charge on any atom is -0.394 e. The molecule has 0 aromatic rings. The van der Waals surface area contributed by atoms with Gasteiger partial charge >= 0.3 is 0 Å². The highest BCUT2D eigenvalue weighted by Crippen LogP contribution is 2.65. The molecule has 8 heteroatoms. The maximum atomic E-state index is 14.2. The van der Waals surface area contributed by atoms with Gasteiger partial charge in [-0.15, -0.1) is 11.8 Å². The lowest BCUT2D eigenvalue weighted by atomic mass is 9.74. The van der Waals surface area contributed by atoms with E-state index in [1.165, 1.54) is 6.42 Å². The van der Waals surface area contributed by atoms with Crippen molar-refractivity contribution in [2.24, 2.45) is 11.8 Å². The summed E-state index contributed by atoms with van der Waals surface area (Å²) in [5, 5.41) is 10.0. The Bertz CT molecular complexity index is 915. The van der Waals surface area contributed by atoms with E-state index in [-0.39, 0.29) is 30.4 Å². The fraction of sp³-hybridized carbons (Fsp3) is 0.720. The molecule has 5 rings (SSSR count). The molecule has 180 valence electrons. The minimum atomic E-state index is -0.821. The molecule has 1 spiro atoms. The van der Waals surface area contributed by atoms with Gasteiger partial charge in [0.2, 0.25) is 17.7 Å². The number of nitrogens with zero attached hydrogens (tertiary/aromatic N) is 3. The predicted molar refractivity (Wildman–Crippen MR) is 127 cm³/mol. The molecule has 1 unspecified atom stereocenters. The largest absolute Gasteiger partial charge is 0.394 e. The molecule has 4 heterocycles. The van der Waals surface area contributed by atoms with E-state index in [4.69, 9.17) is 0 Å². The predicted octanol–water partition coefficient (Wildman–Crippen LogP) is 1.81. The summed E-state index contributed by atoms with van der Waals surface area (Å²) >= 11 is 1.61. The zero-order valence-corrected chi connectivity index (χ0v) is 20.6. The van der Waals surface area contributed by atoms with E-state index in [1.54, 1.807) is 35.5 Å². The van der Waals surface area contributed by atoms with Crippen LogP contribution in [0.25, 0.3) is 0 Å². The summed E-state index contributed by atoms with van der Waals surface area (Å²) in [5.41, 5.74) is 0. The van der Waals surface area contributed by atoms with Crippen LogP contribution in [-0.4, -0.2) is 91.9 Å². The summed E-state index contributed by atoms with van der Waals surface area (Å²) < 4.78 is -1.39. The zero-order valence-electron chi connectivity index (χ0n) is 19.8. The highest BCUT2D eigenvalue weighted by atomic mass is 32.2. The van der Waals surface area contributed by atoms with Crippen LogP contribution in [0, 0.1) is 11.8 Å². The van der Waals surface area contributed by atoms with Crippen molar-refractivity contribution in [3.05, 3.63) is 24.3 Å². The van der Waals surface area contributed by atoms with E-state index in [1.807, 2.05) is 17.9 Å². The molecule has 3 fully saturated rings. The monoisotopic (exact) mass is 473 g/mol. The molecule has 3 amide bonds. The summed E-state index contributed by atoms with van der Waals surface area (Å²) in [5.74, 6) is -1.42. The topological polar surface area (TPSA) is 81.2 Å². The van der Waals surface area contributed by atoms with Crippen LogP contribution in [0.2, 0.25) is 0 Å². The number of carbonyl (C=O) groups is 3. The molecular weight excluding hydrogens is 438 g/mol. The summed E-state index contributed by atoms with van der Waals surface area (Å²) in [7, 11) is 1.78. The lowest BCUT2D eigenvalue weighted by Crippen LogP contribution is -2.57. The molecule has 5 aliphatic rings. The summed E-state index contributed by atoms with van der Waals surface area (Å²) in [6.45, 7) is 4.67. The molecule has 2 saturated heterocycles. The Balaban J connectivity index is 1.63. The molecule has 0 bridgehead atoms. The van der Waals surface area contributed by atoms with E-state index in [0.717, 1.165) is 25.7 Å². The van der Waals surface area contributed by atoms with Crippen LogP contribution in [0.1, 0.15) is 46.0 Å². The Hall–Kier alpha value is -1.80. The normalized spacial score (nSPS) is 39.9. The lowest BCUT2D eigenvalue weighted by Gasteiger charge is -2.41.